The molecule has 11 heteroatoms. The smallest absolute Gasteiger partial charge is 0.411 e. The summed E-state index contributed by atoms with van der Waals surface area (Å²) in [6, 6.07) is 1.13. The molecule has 2 atom stereocenters. The molecule has 3 heterocycles. The van der Waals surface area contributed by atoms with Gasteiger partial charge in [-0.3, -0.25) is 4.90 Å². The van der Waals surface area contributed by atoms with Gasteiger partial charge in [0.25, 0.3) is 0 Å². The lowest BCUT2D eigenvalue weighted by molar-refractivity contribution is -0.0665. The third-order valence-corrected chi connectivity index (χ3v) is 6.42. The van der Waals surface area contributed by atoms with Crippen LogP contribution in [0.15, 0.2) is 10.5 Å². The zero-order chi connectivity index (χ0) is 21.8. The summed E-state index contributed by atoms with van der Waals surface area (Å²) in [5, 5.41) is 0.597. The van der Waals surface area contributed by atoms with Gasteiger partial charge in [-0.05, 0) is 54.4 Å². The van der Waals surface area contributed by atoms with Gasteiger partial charge < -0.3 is 14.4 Å². The minimum Gasteiger partial charge on any atom is -0.444 e. The molecule has 1 aromatic heterocycles. The molecule has 2 fully saturated rings. The van der Waals surface area contributed by atoms with Crippen molar-refractivity contribution in [2.75, 3.05) is 31.2 Å². The number of nitrogens with zero attached hydrogens (tertiary/aromatic N) is 4. The molecule has 1 aromatic carbocycles. The number of anilines is 1. The molecular weight excluding hydrogens is 502 g/mol. The number of morpholine rings is 1. The Balaban J connectivity index is 1.71. The van der Waals surface area contributed by atoms with E-state index >= 15 is 0 Å². The van der Waals surface area contributed by atoms with Gasteiger partial charge in [-0.2, -0.15) is 4.98 Å². The first-order valence-corrected chi connectivity index (χ1v) is 10.9. The average molecular weight is 522 g/mol. The summed E-state index contributed by atoms with van der Waals surface area (Å²) < 4.78 is 26.1. The third-order valence-electron chi connectivity index (χ3n) is 4.95. The average Bonchev–Trinajstić information content (AvgIpc) is 2.64. The van der Waals surface area contributed by atoms with Crippen molar-refractivity contribution in [1.29, 1.82) is 0 Å². The first kappa shape index (κ1) is 21.8. The number of rotatable bonds is 1. The number of fused-ring (bicyclic) bond motifs is 3. The lowest BCUT2D eigenvalue weighted by Crippen LogP contribution is -2.66. The maximum Gasteiger partial charge on any atom is 0.411 e. The van der Waals surface area contributed by atoms with Crippen LogP contribution >= 0.6 is 39.1 Å². The summed E-state index contributed by atoms with van der Waals surface area (Å²) in [5.74, 6) is -0.127. The topological polar surface area (TPSA) is 67.8 Å². The molecule has 2 bridgehead atoms. The van der Waals surface area contributed by atoms with Crippen LogP contribution in [0, 0.1) is 5.82 Å². The van der Waals surface area contributed by atoms with Crippen molar-refractivity contribution >= 4 is 61.9 Å². The Hall–Kier alpha value is -1.42. The highest BCUT2D eigenvalue weighted by molar-refractivity contribution is 9.10. The molecule has 30 heavy (non-hydrogen) atoms. The van der Waals surface area contributed by atoms with Crippen LogP contribution in [0.4, 0.5) is 15.0 Å². The zero-order valence-electron chi connectivity index (χ0n) is 16.6. The molecule has 1 amide bonds. The number of benzene rings is 1. The lowest BCUT2D eigenvalue weighted by Gasteiger charge is -2.49. The van der Waals surface area contributed by atoms with Gasteiger partial charge in [0, 0.05) is 18.5 Å². The summed E-state index contributed by atoms with van der Waals surface area (Å²) in [4.78, 5) is 24.9. The number of carbonyl (C=O) groups excluding carboxylic acids is 1. The van der Waals surface area contributed by atoms with Crippen LogP contribution in [0.5, 0.6) is 0 Å². The standard InChI is InChI=1S/C19H20BrCl2FN4O3/c1-19(2,3)30-18(28)27-9-5-26(6-10(27)8-29-7-9)16-11-4-12(21)13(20)14(23)15(11)24-17(22)25-16/h4,9-10H,5-8H2,1-3H3. The number of ether oxygens (including phenoxy) is 2. The van der Waals surface area contributed by atoms with Crippen molar-refractivity contribution in [2.45, 2.75) is 38.5 Å². The van der Waals surface area contributed by atoms with E-state index in [-0.39, 0.29) is 38.5 Å². The highest BCUT2D eigenvalue weighted by atomic mass is 79.9. The molecule has 0 spiro atoms. The molecule has 7 nitrogen and oxygen atoms in total. The second-order valence-electron chi connectivity index (χ2n) is 8.34. The van der Waals surface area contributed by atoms with Crippen molar-refractivity contribution in [2.24, 2.45) is 0 Å². The number of hydrogen-bond acceptors (Lipinski definition) is 6. The summed E-state index contributed by atoms with van der Waals surface area (Å²) in [5.41, 5.74) is -0.515. The number of carbonyl (C=O) groups is 1. The Kier molecular flexibility index (Phi) is 5.76. The number of piperazine rings is 1. The van der Waals surface area contributed by atoms with E-state index in [9.17, 15) is 9.18 Å². The summed E-state index contributed by atoms with van der Waals surface area (Å²) in [6.07, 6.45) is -0.371. The molecule has 4 rings (SSSR count). The van der Waals surface area contributed by atoms with E-state index in [1.54, 1.807) is 11.0 Å². The van der Waals surface area contributed by atoms with Crippen molar-refractivity contribution in [3.05, 3.63) is 26.7 Å². The van der Waals surface area contributed by atoms with E-state index in [4.69, 9.17) is 32.7 Å². The second kappa shape index (κ2) is 7.93. The maximum atomic E-state index is 14.8. The lowest BCUT2D eigenvalue weighted by atomic mass is 10.0. The quantitative estimate of drug-likeness (QED) is 0.401. The molecule has 0 aliphatic carbocycles. The predicted octanol–water partition coefficient (Wildman–Crippen LogP) is 4.66. The molecule has 2 unspecified atom stereocenters. The molecule has 0 radical (unpaired) electrons. The highest BCUT2D eigenvalue weighted by Crippen LogP contribution is 2.37. The van der Waals surface area contributed by atoms with Crippen LogP contribution in [-0.2, 0) is 9.47 Å². The molecule has 2 aliphatic heterocycles. The summed E-state index contributed by atoms with van der Waals surface area (Å²) >= 11 is 15.4. The highest BCUT2D eigenvalue weighted by Gasteiger charge is 2.43. The van der Waals surface area contributed by atoms with Crippen LogP contribution in [0.3, 0.4) is 0 Å². The van der Waals surface area contributed by atoms with E-state index < -0.39 is 11.4 Å². The molecule has 0 N–H and O–H groups in total. The maximum absolute atomic E-state index is 14.8. The first-order chi connectivity index (χ1) is 14.0. The largest absolute Gasteiger partial charge is 0.444 e. The number of hydrogen-bond donors (Lipinski definition) is 0. The summed E-state index contributed by atoms with van der Waals surface area (Å²) in [7, 11) is 0. The van der Waals surface area contributed by atoms with Crippen LogP contribution in [0.25, 0.3) is 10.9 Å². The van der Waals surface area contributed by atoms with Crippen LogP contribution in [-0.4, -0.2) is 64.9 Å². The Morgan fingerprint density at radius 1 is 1.27 bits per heavy atom. The van der Waals surface area contributed by atoms with E-state index in [0.717, 1.165) is 0 Å². The minimum absolute atomic E-state index is 0.0680. The predicted molar refractivity (Wildman–Crippen MR) is 116 cm³/mol. The Morgan fingerprint density at radius 3 is 2.50 bits per heavy atom. The normalized spacial score (nSPS) is 21.8. The monoisotopic (exact) mass is 520 g/mol. The van der Waals surface area contributed by atoms with Gasteiger partial charge >= 0.3 is 6.09 Å². The van der Waals surface area contributed by atoms with Crippen molar-refractivity contribution < 1.29 is 18.7 Å². The fraction of sp³-hybridized carbons (Fsp3) is 0.526. The van der Waals surface area contributed by atoms with Crippen LogP contribution in [0.1, 0.15) is 20.8 Å². The molecule has 162 valence electrons. The van der Waals surface area contributed by atoms with Gasteiger partial charge in [0.2, 0.25) is 5.28 Å². The second-order valence-corrected chi connectivity index (χ2v) is 9.87. The van der Waals surface area contributed by atoms with E-state index in [1.807, 2.05) is 25.7 Å². The number of aromatic nitrogens is 2. The van der Waals surface area contributed by atoms with Gasteiger partial charge in [0.1, 0.15) is 16.9 Å². The number of amides is 1. The molecule has 2 aliphatic rings. The van der Waals surface area contributed by atoms with Gasteiger partial charge in [0.15, 0.2) is 5.82 Å². The van der Waals surface area contributed by atoms with E-state index in [2.05, 4.69) is 25.9 Å². The van der Waals surface area contributed by atoms with Gasteiger partial charge in [0.05, 0.1) is 34.8 Å². The molecule has 0 saturated carbocycles. The molecular formula is C19H20BrCl2FN4O3. The Bertz CT molecular complexity index is 1010. The van der Waals surface area contributed by atoms with Crippen molar-refractivity contribution in [3.63, 3.8) is 0 Å². The zero-order valence-corrected chi connectivity index (χ0v) is 19.7. The minimum atomic E-state index is -0.598. The van der Waals surface area contributed by atoms with Crippen molar-refractivity contribution in [1.82, 2.24) is 14.9 Å². The molecule has 2 aromatic rings. The van der Waals surface area contributed by atoms with Gasteiger partial charge in [-0.1, -0.05) is 11.6 Å². The summed E-state index contributed by atoms with van der Waals surface area (Å²) in [6.45, 7) is 7.07. The SMILES string of the molecule is CC(C)(C)OC(=O)N1C2COCC1CN(c1nc(Cl)nc3c(F)c(Br)c(Cl)cc13)C2. The van der Waals surface area contributed by atoms with E-state index in [1.165, 1.54) is 0 Å². The Morgan fingerprint density at radius 2 is 1.90 bits per heavy atom. The van der Waals surface area contributed by atoms with Crippen molar-refractivity contribution in [3.8, 4) is 0 Å². The third kappa shape index (κ3) is 4.04. The van der Waals surface area contributed by atoms with Gasteiger partial charge in [-0.15, -0.1) is 0 Å². The molecule has 2 saturated heterocycles. The Labute approximate surface area is 191 Å². The van der Waals surface area contributed by atoms with Gasteiger partial charge in [-0.25, -0.2) is 14.2 Å². The van der Waals surface area contributed by atoms with Crippen LogP contribution < -0.4 is 4.90 Å². The van der Waals surface area contributed by atoms with E-state index in [0.29, 0.717) is 37.5 Å². The number of halogens is 4. The fourth-order valence-corrected chi connectivity index (χ4v) is 4.48. The fourth-order valence-electron chi connectivity index (χ4n) is 3.82. The first-order valence-electron chi connectivity index (χ1n) is 9.40. The van der Waals surface area contributed by atoms with Crippen LogP contribution in [0.2, 0.25) is 10.3 Å².